The molecule has 21 heavy (non-hydrogen) atoms. The van der Waals surface area contributed by atoms with E-state index >= 15 is 0 Å². The molecule has 1 aliphatic heterocycles. The molecule has 0 N–H and O–H groups in total. The van der Waals surface area contributed by atoms with Crippen LogP contribution in [0, 0.1) is 6.92 Å². The largest absolute Gasteiger partial charge is 0.493 e. The maximum atomic E-state index is 12.1. The summed E-state index contributed by atoms with van der Waals surface area (Å²) in [4.78, 5) is 12.1. The number of hydrogen-bond acceptors (Lipinski definition) is 2. The molecule has 0 saturated carbocycles. The standard InChI is InChI=1S/C18H19NO2/c1-12-11-14-15(6-4-7-17(14)20)19(12)16-9-10-21-18-8-3-2-5-13(16)18/h2-3,5,8,11,16H,4,6-7,9-10H2,1H3. The van der Waals surface area contributed by atoms with Crippen LogP contribution in [-0.4, -0.2) is 17.0 Å². The number of aryl methyl sites for hydroxylation is 1. The zero-order valence-electron chi connectivity index (χ0n) is 12.3. The van der Waals surface area contributed by atoms with Crippen LogP contribution in [-0.2, 0) is 6.42 Å². The summed E-state index contributed by atoms with van der Waals surface area (Å²) in [5, 5.41) is 0. The van der Waals surface area contributed by atoms with Crippen molar-refractivity contribution in [3.63, 3.8) is 0 Å². The van der Waals surface area contributed by atoms with Crippen LogP contribution in [0.25, 0.3) is 0 Å². The van der Waals surface area contributed by atoms with Crippen molar-refractivity contribution in [2.24, 2.45) is 0 Å². The third-order valence-electron chi connectivity index (χ3n) is 4.69. The summed E-state index contributed by atoms with van der Waals surface area (Å²) < 4.78 is 8.16. The third-order valence-corrected chi connectivity index (χ3v) is 4.69. The molecule has 2 aromatic rings. The molecule has 0 fully saturated rings. The number of nitrogens with zero attached hydrogens (tertiary/aromatic N) is 1. The minimum absolute atomic E-state index is 0.296. The van der Waals surface area contributed by atoms with Gasteiger partial charge in [-0.2, -0.15) is 0 Å². The van der Waals surface area contributed by atoms with E-state index in [1.165, 1.54) is 17.0 Å². The molecule has 108 valence electrons. The van der Waals surface area contributed by atoms with Gasteiger partial charge in [0.15, 0.2) is 5.78 Å². The van der Waals surface area contributed by atoms with Gasteiger partial charge < -0.3 is 9.30 Å². The Morgan fingerprint density at radius 2 is 2.10 bits per heavy atom. The maximum Gasteiger partial charge on any atom is 0.164 e. The van der Waals surface area contributed by atoms with Gasteiger partial charge in [-0.05, 0) is 31.9 Å². The quantitative estimate of drug-likeness (QED) is 0.798. The summed E-state index contributed by atoms with van der Waals surface area (Å²) in [6.07, 6.45) is 3.64. The first-order chi connectivity index (χ1) is 10.3. The van der Waals surface area contributed by atoms with Crippen molar-refractivity contribution >= 4 is 5.78 Å². The average Bonchev–Trinajstić information content (AvgIpc) is 2.84. The molecule has 0 spiro atoms. The molecule has 1 aliphatic carbocycles. The minimum atomic E-state index is 0.296. The average molecular weight is 281 g/mol. The van der Waals surface area contributed by atoms with E-state index in [9.17, 15) is 4.79 Å². The third kappa shape index (κ3) is 1.91. The van der Waals surface area contributed by atoms with Crippen molar-refractivity contribution in [1.29, 1.82) is 0 Å². The number of ether oxygens (including phenoxy) is 1. The van der Waals surface area contributed by atoms with Crippen molar-refractivity contribution in [3.8, 4) is 5.75 Å². The lowest BCUT2D eigenvalue weighted by Crippen LogP contribution is -2.24. The molecule has 2 heterocycles. The van der Waals surface area contributed by atoms with Gasteiger partial charge >= 0.3 is 0 Å². The first-order valence-electron chi connectivity index (χ1n) is 7.71. The molecule has 0 saturated heterocycles. The van der Waals surface area contributed by atoms with E-state index in [4.69, 9.17) is 4.74 Å². The smallest absolute Gasteiger partial charge is 0.164 e. The van der Waals surface area contributed by atoms with Crippen molar-refractivity contribution in [1.82, 2.24) is 4.57 Å². The molecule has 3 heteroatoms. The lowest BCUT2D eigenvalue weighted by Gasteiger charge is -2.30. The zero-order chi connectivity index (χ0) is 14.4. The molecular formula is C18H19NO2. The van der Waals surface area contributed by atoms with Gasteiger partial charge in [0, 0.05) is 35.4 Å². The first kappa shape index (κ1) is 12.7. The number of aromatic nitrogens is 1. The number of carbonyl (C=O) groups excluding carboxylic acids is 1. The van der Waals surface area contributed by atoms with Gasteiger partial charge in [-0.3, -0.25) is 4.79 Å². The molecule has 1 aromatic heterocycles. The highest BCUT2D eigenvalue weighted by Crippen LogP contribution is 2.38. The van der Waals surface area contributed by atoms with Gasteiger partial charge in [0.25, 0.3) is 0 Å². The monoisotopic (exact) mass is 281 g/mol. The summed E-state index contributed by atoms with van der Waals surface area (Å²) in [5.74, 6) is 1.29. The van der Waals surface area contributed by atoms with Gasteiger partial charge in [0.05, 0.1) is 12.6 Å². The highest BCUT2D eigenvalue weighted by atomic mass is 16.5. The molecule has 0 bridgehead atoms. The predicted molar refractivity (Wildman–Crippen MR) is 81.1 cm³/mol. The second-order valence-electron chi connectivity index (χ2n) is 5.98. The van der Waals surface area contributed by atoms with E-state index in [1.54, 1.807) is 0 Å². The van der Waals surface area contributed by atoms with Crippen LogP contribution in [0.4, 0.5) is 0 Å². The van der Waals surface area contributed by atoms with Crippen molar-refractivity contribution in [2.75, 3.05) is 6.61 Å². The van der Waals surface area contributed by atoms with E-state index in [2.05, 4.69) is 29.7 Å². The summed E-state index contributed by atoms with van der Waals surface area (Å²) in [5.41, 5.74) is 4.61. The topological polar surface area (TPSA) is 31.2 Å². The SMILES string of the molecule is Cc1cc2c(n1C1CCOc3ccccc31)CCCC2=O. The van der Waals surface area contributed by atoms with Crippen molar-refractivity contribution < 1.29 is 9.53 Å². The number of benzene rings is 1. The molecule has 1 unspecified atom stereocenters. The highest BCUT2D eigenvalue weighted by molar-refractivity contribution is 5.98. The molecule has 4 rings (SSSR count). The molecular weight excluding hydrogens is 262 g/mol. The Bertz CT molecular complexity index is 714. The Labute approximate surface area is 124 Å². The minimum Gasteiger partial charge on any atom is -0.493 e. The fourth-order valence-corrected chi connectivity index (χ4v) is 3.78. The van der Waals surface area contributed by atoms with E-state index in [1.807, 2.05) is 12.1 Å². The van der Waals surface area contributed by atoms with Crippen molar-refractivity contribution in [3.05, 3.63) is 52.8 Å². The number of Topliss-reactive ketones (excluding diaryl/α,β-unsaturated/α-hetero) is 1. The van der Waals surface area contributed by atoms with Crippen LogP contribution in [0.5, 0.6) is 5.75 Å². The highest BCUT2D eigenvalue weighted by Gasteiger charge is 2.29. The molecule has 1 aromatic carbocycles. The number of fused-ring (bicyclic) bond motifs is 2. The first-order valence-corrected chi connectivity index (χ1v) is 7.71. The summed E-state index contributed by atoms with van der Waals surface area (Å²) in [6, 6.07) is 10.6. The van der Waals surface area contributed by atoms with E-state index in [-0.39, 0.29) is 0 Å². The van der Waals surface area contributed by atoms with Crippen LogP contribution >= 0.6 is 0 Å². The molecule has 1 atom stereocenters. The second-order valence-corrected chi connectivity index (χ2v) is 5.98. The van der Waals surface area contributed by atoms with Crippen LogP contribution in [0.2, 0.25) is 0 Å². The second kappa shape index (κ2) is 4.76. The van der Waals surface area contributed by atoms with Gasteiger partial charge in [-0.25, -0.2) is 0 Å². The molecule has 0 amide bonds. The summed E-state index contributed by atoms with van der Waals surface area (Å²) >= 11 is 0. The summed E-state index contributed by atoms with van der Waals surface area (Å²) in [7, 11) is 0. The lowest BCUT2D eigenvalue weighted by atomic mass is 9.95. The van der Waals surface area contributed by atoms with Gasteiger partial charge in [0.2, 0.25) is 0 Å². The van der Waals surface area contributed by atoms with Crippen LogP contribution in [0.15, 0.2) is 30.3 Å². The van der Waals surface area contributed by atoms with Crippen molar-refractivity contribution in [2.45, 2.75) is 38.6 Å². The van der Waals surface area contributed by atoms with Crippen LogP contribution < -0.4 is 4.74 Å². The number of rotatable bonds is 1. The number of carbonyl (C=O) groups is 1. The van der Waals surface area contributed by atoms with Gasteiger partial charge in [-0.15, -0.1) is 0 Å². The van der Waals surface area contributed by atoms with Crippen LogP contribution in [0.1, 0.15) is 52.6 Å². The fourth-order valence-electron chi connectivity index (χ4n) is 3.78. The van der Waals surface area contributed by atoms with E-state index < -0.39 is 0 Å². The number of para-hydroxylation sites is 1. The van der Waals surface area contributed by atoms with E-state index in [0.717, 1.165) is 37.2 Å². The molecule has 2 aliphatic rings. The Balaban J connectivity index is 1.87. The molecule has 0 radical (unpaired) electrons. The predicted octanol–water partition coefficient (Wildman–Crippen LogP) is 3.69. The lowest BCUT2D eigenvalue weighted by molar-refractivity contribution is 0.0971. The van der Waals surface area contributed by atoms with Crippen LogP contribution in [0.3, 0.4) is 0 Å². The van der Waals surface area contributed by atoms with E-state index in [0.29, 0.717) is 18.2 Å². The normalized spacial score (nSPS) is 20.6. The Kier molecular flexibility index (Phi) is 2.88. The summed E-state index contributed by atoms with van der Waals surface area (Å²) in [6.45, 7) is 2.85. The Morgan fingerprint density at radius 3 is 3.00 bits per heavy atom. The fraction of sp³-hybridized carbons (Fsp3) is 0.389. The number of ketones is 1. The zero-order valence-corrected chi connectivity index (χ0v) is 12.3. The van der Waals surface area contributed by atoms with Gasteiger partial charge in [0.1, 0.15) is 5.75 Å². The van der Waals surface area contributed by atoms with Gasteiger partial charge in [-0.1, -0.05) is 18.2 Å². The Hall–Kier alpha value is -2.03. The Morgan fingerprint density at radius 1 is 1.24 bits per heavy atom. The molecule has 3 nitrogen and oxygen atoms in total. The number of hydrogen-bond donors (Lipinski definition) is 0. The maximum absolute atomic E-state index is 12.1.